The van der Waals surface area contributed by atoms with Gasteiger partial charge in [0.05, 0.1) is 10.9 Å². The smallest absolute Gasteiger partial charge is 0.194 e. The highest BCUT2D eigenvalue weighted by Crippen LogP contribution is 2.17. The lowest BCUT2D eigenvalue weighted by atomic mass is 10.1. The van der Waals surface area contributed by atoms with E-state index in [1.165, 1.54) is 11.3 Å². The second-order valence-electron chi connectivity index (χ2n) is 3.71. The number of halogens is 1. The van der Waals surface area contributed by atoms with E-state index in [1.807, 2.05) is 48.7 Å². The first kappa shape index (κ1) is 12.3. The number of anilines is 1. The van der Waals surface area contributed by atoms with Gasteiger partial charge in [0.2, 0.25) is 0 Å². The van der Waals surface area contributed by atoms with Crippen molar-refractivity contribution in [3.8, 4) is 0 Å². The fourth-order valence-electron chi connectivity index (χ4n) is 1.49. The SMILES string of the molecule is CC(Nc1ccc(Br)cc1)C(=O)c1cccs1. The zero-order valence-electron chi connectivity index (χ0n) is 9.31. The Morgan fingerprint density at radius 3 is 2.59 bits per heavy atom. The van der Waals surface area contributed by atoms with Crippen molar-refractivity contribution in [3.63, 3.8) is 0 Å². The monoisotopic (exact) mass is 309 g/mol. The van der Waals surface area contributed by atoms with Gasteiger partial charge >= 0.3 is 0 Å². The average molecular weight is 310 g/mol. The molecule has 1 N–H and O–H groups in total. The average Bonchev–Trinajstić information content (AvgIpc) is 2.84. The van der Waals surface area contributed by atoms with Gasteiger partial charge in [0.15, 0.2) is 5.78 Å². The Morgan fingerprint density at radius 1 is 1.29 bits per heavy atom. The van der Waals surface area contributed by atoms with Crippen LogP contribution in [0.2, 0.25) is 0 Å². The number of thiophene rings is 1. The summed E-state index contributed by atoms with van der Waals surface area (Å²) >= 11 is 4.85. The van der Waals surface area contributed by atoms with Crippen molar-refractivity contribution in [2.75, 3.05) is 5.32 Å². The minimum absolute atomic E-state index is 0.128. The van der Waals surface area contributed by atoms with E-state index in [-0.39, 0.29) is 11.8 Å². The summed E-state index contributed by atoms with van der Waals surface area (Å²) in [4.78, 5) is 12.8. The summed E-state index contributed by atoms with van der Waals surface area (Å²) in [5.41, 5.74) is 0.950. The van der Waals surface area contributed by atoms with Crippen LogP contribution in [0.15, 0.2) is 46.3 Å². The molecule has 0 radical (unpaired) electrons. The van der Waals surface area contributed by atoms with Gasteiger partial charge in [0.25, 0.3) is 0 Å². The van der Waals surface area contributed by atoms with Crippen LogP contribution in [0.4, 0.5) is 5.69 Å². The van der Waals surface area contributed by atoms with E-state index in [1.54, 1.807) is 0 Å². The molecule has 1 unspecified atom stereocenters. The third kappa shape index (κ3) is 3.17. The molecule has 2 nitrogen and oxygen atoms in total. The molecular weight excluding hydrogens is 298 g/mol. The Kier molecular flexibility index (Phi) is 3.97. The number of Topliss-reactive ketones (excluding diaryl/α,β-unsaturated/α-hetero) is 1. The Balaban J connectivity index is 2.04. The van der Waals surface area contributed by atoms with Gasteiger partial charge in [-0.1, -0.05) is 22.0 Å². The van der Waals surface area contributed by atoms with E-state index in [9.17, 15) is 4.79 Å². The third-order valence-corrected chi connectivity index (χ3v) is 3.80. The molecule has 0 aliphatic carbocycles. The number of carbonyl (C=O) groups excluding carboxylic acids is 1. The molecule has 88 valence electrons. The van der Waals surface area contributed by atoms with Crippen molar-refractivity contribution in [2.45, 2.75) is 13.0 Å². The lowest BCUT2D eigenvalue weighted by Gasteiger charge is -2.13. The molecule has 2 aromatic rings. The fraction of sp³-hybridized carbons (Fsp3) is 0.154. The Hall–Kier alpha value is -1.13. The largest absolute Gasteiger partial charge is 0.375 e. The van der Waals surface area contributed by atoms with Crippen molar-refractivity contribution in [3.05, 3.63) is 51.1 Å². The van der Waals surface area contributed by atoms with Gasteiger partial charge in [0, 0.05) is 10.2 Å². The number of ketones is 1. The van der Waals surface area contributed by atoms with E-state index in [4.69, 9.17) is 0 Å². The van der Waals surface area contributed by atoms with Gasteiger partial charge < -0.3 is 5.32 Å². The highest BCUT2D eigenvalue weighted by molar-refractivity contribution is 9.10. The molecule has 1 atom stereocenters. The van der Waals surface area contributed by atoms with Crippen LogP contribution in [-0.2, 0) is 0 Å². The minimum Gasteiger partial charge on any atom is -0.375 e. The van der Waals surface area contributed by atoms with Crippen LogP contribution >= 0.6 is 27.3 Å². The number of rotatable bonds is 4. The van der Waals surface area contributed by atoms with Crippen LogP contribution < -0.4 is 5.32 Å². The fourth-order valence-corrected chi connectivity index (χ4v) is 2.51. The van der Waals surface area contributed by atoms with Crippen molar-refractivity contribution >= 4 is 38.7 Å². The van der Waals surface area contributed by atoms with Crippen LogP contribution in [0.5, 0.6) is 0 Å². The number of carbonyl (C=O) groups is 1. The summed E-state index contributed by atoms with van der Waals surface area (Å²) in [7, 11) is 0. The quantitative estimate of drug-likeness (QED) is 0.858. The van der Waals surface area contributed by atoms with Crippen molar-refractivity contribution < 1.29 is 4.79 Å². The maximum atomic E-state index is 12.0. The molecule has 1 aromatic heterocycles. The molecule has 0 aliphatic rings. The number of benzene rings is 1. The van der Waals surface area contributed by atoms with Gasteiger partial charge in [-0.3, -0.25) is 4.79 Å². The Morgan fingerprint density at radius 2 is 2.00 bits per heavy atom. The Bertz CT molecular complexity index is 493. The molecule has 0 saturated heterocycles. The normalized spacial score (nSPS) is 12.1. The van der Waals surface area contributed by atoms with Crippen LogP contribution in [0.3, 0.4) is 0 Å². The summed E-state index contributed by atoms with van der Waals surface area (Å²) in [5.74, 6) is 0.128. The van der Waals surface area contributed by atoms with E-state index in [0.717, 1.165) is 15.0 Å². The summed E-state index contributed by atoms with van der Waals surface area (Å²) in [6.45, 7) is 1.88. The van der Waals surface area contributed by atoms with E-state index >= 15 is 0 Å². The van der Waals surface area contributed by atoms with E-state index in [0.29, 0.717) is 0 Å². The lowest BCUT2D eigenvalue weighted by Crippen LogP contribution is -2.25. The third-order valence-electron chi connectivity index (χ3n) is 2.38. The summed E-state index contributed by atoms with van der Waals surface area (Å²) in [6, 6.07) is 11.3. The Labute approximate surface area is 113 Å². The minimum atomic E-state index is -0.213. The molecule has 2 rings (SSSR count). The zero-order valence-corrected chi connectivity index (χ0v) is 11.7. The van der Waals surface area contributed by atoms with E-state index < -0.39 is 0 Å². The van der Waals surface area contributed by atoms with Crippen LogP contribution in [0.1, 0.15) is 16.6 Å². The molecule has 0 amide bonds. The molecule has 4 heteroatoms. The standard InChI is InChI=1S/C13H12BrNOS/c1-9(13(16)12-3-2-8-17-12)15-11-6-4-10(14)5-7-11/h2-9,15H,1H3. The summed E-state index contributed by atoms with van der Waals surface area (Å²) < 4.78 is 1.03. The molecule has 17 heavy (non-hydrogen) atoms. The maximum absolute atomic E-state index is 12.0. The second-order valence-corrected chi connectivity index (χ2v) is 5.58. The zero-order chi connectivity index (χ0) is 12.3. The van der Waals surface area contributed by atoms with Gasteiger partial charge in [-0.2, -0.15) is 0 Å². The van der Waals surface area contributed by atoms with E-state index in [2.05, 4.69) is 21.2 Å². The molecule has 0 aliphatic heterocycles. The number of hydrogen-bond donors (Lipinski definition) is 1. The summed E-state index contributed by atoms with van der Waals surface area (Å²) in [6.07, 6.45) is 0. The van der Waals surface area contributed by atoms with Crippen LogP contribution in [0, 0.1) is 0 Å². The van der Waals surface area contributed by atoms with Crippen LogP contribution in [0.25, 0.3) is 0 Å². The topological polar surface area (TPSA) is 29.1 Å². The van der Waals surface area contributed by atoms with Gasteiger partial charge in [-0.05, 0) is 42.6 Å². The predicted octanol–water partition coefficient (Wildman–Crippen LogP) is 4.19. The second kappa shape index (κ2) is 5.47. The molecule has 0 fully saturated rings. The molecule has 0 bridgehead atoms. The van der Waals surface area contributed by atoms with Crippen molar-refractivity contribution in [1.29, 1.82) is 0 Å². The highest BCUT2D eigenvalue weighted by Gasteiger charge is 2.15. The molecule has 1 aromatic carbocycles. The first-order chi connectivity index (χ1) is 8.16. The molecule has 1 heterocycles. The van der Waals surface area contributed by atoms with Crippen molar-refractivity contribution in [1.82, 2.24) is 0 Å². The lowest BCUT2D eigenvalue weighted by molar-refractivity contribution is 0.0979. The number of hydrogen-bond acceptors (Lipinski definition) is 3. The van der Waals surface area contributed by atoms with Crippen molar-refractivity contribution in [2.24, 2.45) is 0 Å². The highest BCUT2D eigenvalue weighted by atomic mass is 79.9. The van der Waals surface area contributed by atoms with Gasteiger partial charge in [-0.15, -0.1) is 11.3 Å². The molecule has 0 saturated carbocycles. The maximum Gasteiger partial charge on any atom is 0.194 e. The summed E-state index contributed by atoms with van der Waals surface area (Å²) in [5, 5.41) is 5.11. The predicted molar refractivity (Wildman–Crippen MR) is 75.9 cm³/mol. The first-order valence-electron chi connectivity index (χ1n) is 5.26. The molecular formula is C13H12BrNOS. The van der Waals surface area contributed by atoms with Gasteiger partial charge in [-0.25, -0.2) is 0 Å². The van der Waals surface area contributed by atoms with Gasteiger partial charge in [0.1, 0.15) is 0 Å². The van der Waals surface area contributed by atoms with Crippen LogP contribution in [-0.4, -0.2) is 11.8 Å². The molecule has 0 spiro atoms. The number of nitrogens with one attached hydrogen (secondary N) is 1. The first-order valence-corrected chi connectivity index (χ1v) is 6.94.